The third-order valence-corrected chi connectivity index (χ3v) is 4.93. The third kappa shape index (κ3) is 4.70. The molecule has 4 aromatic rings. The minimum Gasteiger partial charge on any atom is -0.311 e. The van der Waals surface area contributed by atoms with E-state index in [2.05, 4.69) is 48.3 Å². The highest BCUT2D eigenvalue weighted by Crippen LogP contribution is 2.24. The standard InChI is InChI=1S/C22H27FN8/c1-14(2)11-19-24-20(12-15(3)4)31(27-19)13-16-5-7-17(8-6-16)30-10-9-18(23)21(30)22-25-28-29-26-22/h5-10,14-15H,11-13H2,1-4H3,(H,25,26,28,29). The van der Waals surface area contributed by atoms with Crippen molar-refractivity contribution in [2.75, 3.05) is 0 Å². The normalized spacial score (nSPS) is 11.7. The lowest BCUT2D eigenvalue weighted by Gasteiger charge is -2.10. The second kappa shape index (κ2) is 8.79. The molecule has 0 fully saturated rings. The van der Waals surface area contributed by atoms with Crippen LogP contribution >= 0.6 is 0 Å². The maximum Gasteiger partial charge on any atom is 0.199 e. The Labute approximate surface area is 180 Å². The summed E-state index contributed by atoms with van der Waals surface area (Å²) in [5, 5.41) is 18.3. The van der Waals surface area contributed by atoms with Crippen LogP contribution in [0.2, 0.25) is 0 Å². The van der Waals surface area contributed by atoms with Crippen molar-refractivity contribution in [3.8, 4) is 17.2 Å². The lowest BCUT2D eigenvalue weighted by Crippen LogP contribution is -2.09. The van der Waals surface area contributed by atoms with Crippen molar-refractivity contribution in [3.05, 3.63) is 59.6 Å². The maximum atomic E-state index is 14.3. The Morgan fingerprint density at radius 1 is 1.00 bits per heavy atom. The SMILES string of the molecule is CC(C)Cc1nc(CC(C)C)n(Cc2ccc(-n3ccc(F)c3-c3nnn[nH]3)cc2)n1. The minimum atomic E-state index is -0.388. The highest BCUT2D eigenvalue weighted by atomic mass is 19.1. The number of rotatable bonds is 8. The van der Waals surface area contributed by atoms with E-state index in [0.29, 0.717) is 24.1 Å². The molecule has 3 aromatic heterocycles. The fourth-order valence-electron chi connectivity index (χ4n) is 3.57. The molecular formula is C22H27FN8. The smallest absolute Gasteiger partial charge is 0.199 e. The summed E-state index contributed by atoms with van der Waals surface area (Å²) in [6, 6.07) is 9.36. The first-order valence-electron chi connectivity index (χ1n) is 10.5. The van der Waals surface area contributed by atoms with E-state index >= 15 is 0 Å². The third-order valence-electron chi connectivity index (χ3n) is 4.93. The summed E-state index contributed by atoms with van der Waals surface area (Å²) in [5.41, 5.74) is 2.22. The van der Waals surface area contributed by atoms with E-state index in [0.717, 1.165) is 35.7 Å². The molecule has 0 radical (unpaired) electrons. The van der Waals surface area contributed by atoms with Crippen LogP contribution in [-0.4, -0.2) is 40.0 Å². The fraction of sp³-hybridized carbons (Fsp3) is 0.409. The highest BCUT2D eigenvalue weighted by molar-refractivity contribution is 5.55. The van der Waals surface area contributed by atoms with Crippen LogP contribution in [-0.2, 0) is 19.4 Å². The minimum absolute atomic E-state index is 0.283. The van der Waals surface area contributed by atoms with Gasteiger partial charge in [-0.3, -0.25) is 0 Å². The van der Waals surface area contributed by atoms with Crippen LogP contribution in [0.4, 0.5) is 4.39 Å². The van der Waals surface area contributed by atoms with E-state index in [1.165, 1.54) is 6.07 Å². The molecule has 0 amide bonds. The first kappa shape index (κ1) is 20.9. The molecule has 4 rings (SSSR count). The van der Waals surface area contributed by atoms with Crippen LogP contribution in [0.1, 0.15) is 44.9 Å². The van der Waals surface area contributed by atoms with Gasteiger partial charge in [-0.15, -0.1) is 5.10 Å². The van der Waals surface area contributed by atoms with Crippen molar-refractivity contribution in [2.24, 2.45) is 11.8 Å². The van der Waals surface area contributed by atoms with Gasteiger partial charge in [-0.05, 0) is 46.0 Å². The monoisotopic (exact) mass is 422 g/mol. The fourth-order valence-corrected chi connectivity index (χ4v) is 3.57. The summed E-state index contributed by atoms with van der Waals surface area (Å²) in [6.45, 7) is 9.37. The van der Waals surface area contributed by atoms with Crippen molar-refractivity contribution in [3.63, 3.8) is 0 Å². The second-order valence-electron chi connectivity index (χ2n) is 8.60. The summed E-state index contributed by atoms with van der Waals surface area (Å²) < 4.78 is 18.0. The van der Waals surface area contributed by atoms with E-state index in [-0.39, 0.29) is 11.6 Å². The van der Waals surface area contributed by atoms with Crippen molar-refractivity contribution < 1.29 is 4.39 Å². The molecule has 31 heavy (non-hydrogen) atoms. The zero-order valence-electron chi connectivity index (χ0n) is 18.2. The number of hydrogen-bond donors (Lipinski definition) is 1. The van der Waals surface area contributed by atoms with Crippen LogP contribution in [0.15, 0.2) is 36.5 Å². The van der Waals surface area contributed by atoms with Gasteiger partial charge in [-0.1, -0.05) is 39.8 Å². The molecule has 0 aliphatic rings. The molecule has 0 bridgehead atoms. The molecular weight excluding hydrogens is 395 g/mol. The van der Waals surface area contributed by atoms with Gasteiger partial charge in [-0.2, -0.15) is 5.10 Å². The second-order valence-corrected chi connectivity index (χ2v) is 8.60. The number of nitrogens with one attached hydrogen (secondary N) is 1. The Hall–Kier alpha value is -3.36. The molecule has 0 saturated heterocycles. The Morgan fingerprint density at radius 3 is 2.39 bits per heavy atom. The summed E-state index contributed by atoms with van der Waals surface area (Å²) in [5.74, 6) is 2.83. The lowest BCUT2D eigenvalue weighted by atomic mass is 10.1. The number of hydrogen-bond acceptors (Lipinski definition) is 5. The van der Waals surface area contributed by atoms with Crippen molar-refractivity contribution >= 4 is 0 Å². The van der Waals surface area contributed by atoms with E-state index in [1.54, 1.807) is 10.8 Å². The summed E-state index contributed by atoms with van der Waals surface area (Å²) in [4.78, 5) is 4.78. The predicted molar refractivity (Wildman–Crippen MR) is 115 cm³/mol. The Balaban J connectivity index is 1.58. The van der Waals surface area contributed by atoms with E-state index < -0.39 is 0 Å². The molecule has 0 saturated carbocycles. The van der Waals surface area contributed by atoms with Crippen LogP contribution < -0.4 is 0 Å². The summed E-state index contributed by atoms with van der Waals surface area (Å²) in [6.07, 6.45) is 3.43. The number of aromatic amines is 1. The van der Waals surface area contributed by atoms with Gasteiger partial charge in [0.25, 0.3) is 0 Å². The van der Waals surface area contributed by atoms with Crippen LogP contribution in [0.25, 0.3) is 17.2 Å². The number of tetrazole rings is 1. The lowest BCUT2D eigenvalue weighted by molar-refractivity contribution is 0.560. The Kier molecular flexibility index (Phi) is 5.92. The molecule has 162 valence electrons. The molecule has 0 spiro atoms. The maximum absolute atomic E-state index is 14.3. The van der Waals surface area contributed by atoms with Crippen LogP contribution in [0.3, 0.4) is 0 Å². The number of H-pyrrole nitrogens is 1. The zero-order valence-corrected chi connectivity index (χ0v) is 18.2. The van der Waals surface area contributed by atoms with E-state index in [4.69, 9.17) is 10.1 Å². The Bertz CT molecular complexity index is 1120. The number of nitrogens with zero attached hydrogens (tertiary/aromatic N) is 7. The topological polar surface area (TPSA) is 90.1 Å². The molecule has 1 N–H and O–H groups in total. The first-order chi connectivity index (χ1) is 14.9. The number of aromatic nitrogens is 8. The molecule has 1 aromatic carbocycles. The van der Waals surface area contributed by atoms with E-state index in [1.807, 2.05) is 28.9 Å². The predicted octanol–water partition coefficient (Wildman–Crippen LogP) is 3.83. The van der Waals surface area contributed by atoms with Crippen molar-refractivity contribution in [1.29, 1.82) is 0 Å². The van der Waals surface area contributed by atoms with Crippen LogP contribution in [0, 0.1) is 17.7 Å². The van der Waals surface area contributed by atoms with Crippen LogP contribution in [0.5, 0.6) is 0 Å². The van der Waals surface area contributed by atoms with Crippen molar-refractivity contribution in [1.82, 2.24) is 40.0 Å². The van der Waals surface area contributed by atoms with Gasteiger partial charge in [-0.25, -0.2) is 19.2 Å². The quantitative estimate of drug-likeness (QED) is 0.466. The Morgan fingerprint density at radius 2 is 1.74 bits per heavy atom. The summed E-state index contributed by atoms with van der Waals surface area (Å²) in [7, 11) is 0. The van der Waals surface area contributed by atoms with Gasteiger partial charge in [0.2, 0.25) is 0 Å². The molecule has 0 aliphatic carbocycles. The van der Waals surface area contributed by atoms with Gasteiger partial charge in [0.1, 0.15) is 11.5 Å². The average Bonchev–Trinajstić information content (AvgIpc) is 3.43. The zero-order chi connectivity index (χ0) is 22.0. The largest absolute Gasteiger partial charge is 0.311 e. The van der Waals surface area contributed by atoms with Gasteiger partial charge in [0, 0.05) is 24.7 Å². The number of halogens is 1. The molecule has 0 unspecified atom stereocenters. The molecule has 3 heterocycles. The van der Waals surface area contributed by atoms with Gasteiger partial charge >= 0.3 is 0 Å². The molecule has 0 aliphatic heterocycles. The van der Waals surface area contributed by atoms with Gasteiger partial charge in [0.05, 0.1) is 6.54 Å². The average molecular weight is 423 g/mol. The molecule has 0 atom stereocenters. The van der Waals surface area contributed by atoms with Crippen molar-refractivity contribution in [2.45, 2.75) is 47.1 Å². The van der Waals surface area contributed by atoms with E-state index in [9.17, 15) is 4.39 Å². The number of benzene rings is 1. The summed E-state index contributed by atoms with van der Waals surface area (Å²) >= 11 is 0. The first-order valence-corrected chi connectivity index (χ1v) is 10.5. The highest BCUT2D eigenvalue weighted by Gasteiger charge is 2.17. The molecule has 8 nitrogen and oxygen atoms in total. The van der Waals surface area contributed by atoms with Gasteiger partial charge < -0.3 is 4.57 Å². The van der Waals surface area contributed by atoms with Gasteiger partial charge in [0.15, 0.2) is 17.5 Å². The molecule has 9 heteroatoms.